The minimum Gasteiger partial charge on any atom is -0.472 e. The van der Waals surface area contributed by atoms with Crippen molar-refractivity contribution in [3.05, 3.63) is 59.7 Å². The Bertz CT molecular complexity index is 886. The molecule has 2 aromatic rings. The first-order chi connectivity index (χ1) is 14.6. The second kappa shape index (κ2) is 8.73. The number of amides is 2. The number of carbonyl (C=O) groups is 3. The number of rotatable bonds is 6. The summed E-state index contributed by atoms with van der Waals surface area (Å²) in [6, 6.07) is 13.9. The van der Waals surface area contributed by atoms with Crippen LogP contribution in [0.4, 0.5) is 4.79 Å². The molecule has 0 aliphatic carbocycles. The fourth-order valence-electron chi connectivity index (χ4n) is 3.14. The molecule has 0 atom stereocenters. The maximum atomic E-state index is 12.4. The molecular formula is C21H20N2O7. The zero-order valence-electron chi connectivity index (χ0n) is 16.1. The van der Waals surface area contributed by atoms with Crippen LogP contribution in [0.2, 0.25) is 0 Å². The van der Waals surface area contributed by atoms with Crippen LogP contribution in [-0.4, -0.2) is 67.5 Å². The number of nitrogens with zero attached hydrogens (tertiary/aromatic N) is 2. The van der Waals surface area contributed by atoms with E-state index in [0.717, 1.165) is 0 Å². The summed E-state index contributed by atoms with van der Waals surface area (Å²) in [6.07, 6.45) is -0.869. The van der Waals surface area contributed by atoms with E-state index >= 15 is 0 Å². The van der Waals surface area contributed by atoms with E-state index in [4.69, 9.17) is 18.9 Å². The molecule has 9 heteroatoms. The molecule has 4 rings (SSSR count). The molecule has 156 valence electrons. The SMILES string of the molecule is O=C(OCCN1COc2ccccc2C1=O)OCCN1COc2ccccc2C1=O. The normalized spacial score (nSPS) is 14.9. The molecule has 0 saturated carbocycles. The molecule has 0 unspecified atom stereocenters. The van der Waals surface area contributed by atoms with Gasteiger partial charge in [-0.25, -0.2) is 4.79 Å². The van der Waals surface area contributed by atoms with Crippen LogP contribution in [0.3, 0.4) is 0 Å². The number of para-hydroxylation sites is 2. The maximum Gasteiger partial charge on any atom is 0.508 e. The Morgan fingerprint density at radius 1 is 0.767 bits per heavy atom. The highest BCUT2D eigenvalue weighted by atomic mass is 16.7. The van der Waals surface area contributed by atoms with Gasteiger partial charge in [0, 0.05) is 0 Å². The maximum absolute atomic E-state index is 12.4. The molecule has 0 N–H and O–H groups in total. The van der Waals surface area contributed by atoms with E-state index < -0.39 is 6.16 Å². The van der Waals surface area contributed by atoms with E-state index in [2.05, 4.69) is 0 Å². The molecule has 2 amide bonds. The van der Waals surface area contributed by atoms with Gasteiger partial charge < -0.3 is 28.7 Å². The highest BCUT2D eigenvalue weighted by molar-refractivity contribution is 5.98. The largest absolute Gasteiger partial charge is 0.508 e. The Hall–Kier alpha value is -3.75. The van der Waals surface area contributed by atoms with Crippen molar-refractivity contribution in [1.29, 1.82) is 0 Å². The van der Waals surface area contributed by atoms with E-state index in [9.17, 15) is 14.4 Å². The number of fused-ring (bicyclic) bond motifs is 2. The number of carbonyl (C=O) groups excluding carboxylic acids is 3. The predicted octanol–water partition coefficient (Wildman–Crippen LogP) is 2.12. The van der Waals surface area contributed by atoms with E-state index in [1.165, 1.54) is 9.80 Å². The lowest BCUT2D eigenvalue weighted by Gasteiger charge is -2.28. The molecule has 2 aliphatic heterocycles. The number of ether oxygens (including phenoxy) is 4. The lowest BCUT2D eigenvalue weighted by Crippen LogP contribution is -2.41. The zero-order chi connectivity index (χ0) is 20.9. The first-order valence-corrected chi connectivity index (χ1v) is 9.45. The van der Waals surface area contributed by atoms with E-state index in [-0.39, 0.29) is 51.6 Å². The molecule has 0 fully saturated rings. The van der Waals surface area contributed by atoms with Crippen molar-refractivity contribution in [2.24, 2.45) is 0 Å². The highest BCUT2D eigenvalue weighted by Crippen LogP contribution is 2.25. The van der Waals surface area contributed by atoms with Crippen LogP contribution in [0.15, 0.2) is 48.5 Å². The van der Waals surface area contributed by atoms with Gasteiger partial charge in [0.1, 0.15) is 24.7 Å². The van der Waals surface area contributed by atoms with Crippen molar-refractivity contribution in [1.82, 2.24) is 9.80 Å². The van der Waals surface area contributed by atoms with Crippen molar-refractivity contribution in [3.8, 4) is 11.5 Å². The smallest absolute Gasteiger partial charge is 0.472 e. The first kappa shape index (κ1) is 19.6. The standard InChI is InChI=1S/C21H20N2O7/c24-19-15-5-1-3-7-17(15)29-13-22(19)9-11-27-21(26)28-12-10-23-14-30-18-8-4-2-6-16(18)20(23)25/h1-8H,9-14H2. The molecular weight excluding hydrogens is 392 g/mol. The van der Waals surface area contributed by atoms with Gasteiger partial charge in [-0.1, -0.05) is 24.3 Å². The van der Waals surface area contributed by atoms with E-state index in [1.807, 2.05) is 0 Å². The summed E-state index contributed by atoms with van der Waals surface area (Å²) in [7, 11) is 0. The Morgan fingerprint density at radius 3 is 1.67 bits per heavy atom. The fraction of sp³-hybridized carbons (Fsp3) is 0.286. The lowest BCUT2D eigenvalue weighted by atomic mass is 10.1. The van der Waals surface area contributed by atoms with Crippen LogP contribution in [0.25, 0.3) is 0 Å². The molecule has 9 nitrogen and oxygen atoms in total. The van der Waals surface area contributed by atoms with Gasteiger partial charge in [0.2, 0.25) is 0 Å². The molecule has 0 spiro atoms. The summed E-state index contributed by atoms with van der Waals surface area (Å²) in [4.78, 5) is 39.4. The molecule has 0 saturated heterocycles. The Labute approximate surface area is 172 Å². The molecule has 0 radical (unpaired) electrons. The summed E-state index contributed by atoms with van der Waals surface area (Å²) in [5.41, 5.74) is 0.947. The highest BCUT2D eigenvalue weighted by Gasteiger charge is 2.26. The second-order valence-corrected chi connectivity index (χ2v) is 6.62. The average Bonchev–Trinajstić information content (AvgIpc) is 2.77. The van der Waals surface area contributed by atoms with Crippen LogP contribution in [-0.2, 0) is 9.47 Å². The number of benzene rings is 2. The van der Waals surface area contributed by atoms with Crippen molar-refractivity contribution in [2.75, 3.05) is 39.8 Å². The molecule has 2 aliphatic rings. The minimum atomic E-state index is -0.869. The van der Waals surface area contributed by atoms with Crippen molar-refractivity contribution in [3.63, 3.8) is 0 Å². The van der Waals surface area contributed by atoms with Crippen LogP contribution < -0.4 is 9.47 Å². The number of hydrogen-bond acceptors (Lipinski definition) is 7. The van der Waals surface area contributed by atoms with E-state index in [0.29, 0.717) is 22.6 Å². The minimum absolute atomic E-state index is 0.0325. The summed E-state index contributed by atoms with van der Waals surface area (Å²) < 4.78 is 21.0. The Morgan fingerprint density at radius 2 is 1.20 bits per heavy atom. The molecule has 0 aromatic heterocycles. The lowest BCUT2D eigenvalue weighted by molar-refractivity contribution is 0.0199. The van der Waals surface area contributed by atoms with Gasteiger partial charge in [0.15, 0.2) is 13.5 Å². The van der Waals surface area contributed by atoms with Crippen LogP contribution in [0.1, 0.15) is 20.7 Å². The second-order valence-electron chi connectivity index (χ2n) is 6.62. The van der Waals surface area contributed by atoms with Crippen molar-refractivity contribution >= 4 is 18.0 Å². The third kappa shape index (κ3) is 4.14. The fourth-order valence-corrected chi connectivity index (χ4v) is 3.14. The Balaban J connectivity index is 1.17. The average molecular weight is 412 g/mol. The third-order valence-electron chi connectivity index (χ3n) is 4.72. The van der Waals surface area contributed by atoms with Gasteiger partial charge in [0.25, 0.3) is 11.8 Å². The quantitative estimate of drug-likeness (QED) is 0.671. The summed E-state index contributed by atoms with van der Waals surface area (Å²) in [5, 5.41) is 0. The van der Waals surface area contributed by atoms with Crippen molar-refractivity contribution < 1.29 is 33.3 Å². The van der Waals surface area contributed by atoms with Gasteiger partial charge in [-0.05, 0) is 24.3 Å². The topological polar surface area (TPSA) is 94.6 Å². The molecule has 2 heterocycles. The van der Waals surface area contributed by atoms with Gasteiger partial charge in [0.05, 0.1) is 24.2 Å². The monoisotopic (exact) mass is 412 g/mol. The molecule has 30 heavy (non-hydrogen) atoms. The van der Waals surface area contributed by atoms with Crippen molar-refractivity contribution in [2.45, 2.75) is 0 Å². The molecule has 0 bridgehead atoms. The van der Waals surface area contributed by atoms with Crippen LogP contribution in [0.5, 0.6) is 11.5 Å². The van der Waals surface area contributed by atoms with Crippen LogP contribution in [0, 0.1) is 0 Å². The van der Waals surface area contributed by atoms with Gasteiger partial charge in [-0.15, -0.1) is 0 Å². The zero-order valence-corrected chi connectivity index (χ0v) is 16.1. The third-order valence-corrected chi connectivity index (χ3v) is 4.72. The van der Waals surface area contributed by atoms with E-state index in [1.54, 1.807) is 48.5 Å². The van der Waals surface area contributed by atoms with Gasteiger partial charge in [-0.2, -0.15) is 0 Å². The summed E-state index contributed by atoms with van der Waals surface area (Å²) in [6.45, 7) is 0.471. The van der Waals surface area contributed by atoms with Crippen LogP contribution >= 0.6 is 0 Å². The van der Waals surface area contributed by atoms with Gasteiger partial charge >= 0.3 is 6.16 Å². The summed E-state index contributed by atoms with van der Waals surface area (Å²) >= 11 is 0. The van der Waals surface area contributed by atoms with Gasteiger partial charge in [-0.3, -0.25) is 9.59 Å². The molecule has 2 aromatic carbocycles. The first-order valence-electron chi connectivity index (χ1n) is 9.45. The summed E-state index contributed by atoms with van der Waals surface area (Å²) in [5.74, 6) is 0.714. The Kier molecular flexibility index (Phi) is 5.69. The number of hydrogen-bond donors (Lipinski definition) is 0. The predicted molar refractivity (Wildman–Crippen MR) is 103 cm³/mol.